The molecule has 0 radical (unpaired) electrons. The van der Waals surface area contributed by atoms with Gasteiger partial charge in [0.1, 0.15) is 0 Å². The summed E-state index contributed by atoms with van der Waals surface area (Å²) in [5, 5.41) is -0.534. The topological polar surface area (TPSA) is 52.6 Å². The van der Waals surface area contributed by atoms with E-state index in [-0.39, 0.29) is 12.4 Å². The Morgan fingerprint density at radius 3 is 2.59 bits per heavy atom. The van der Waals surface area contributed by atoms with Crippen LogP contribution in [0.25, 0.3) is 0 Å². The van der Waals surface area contributed by atoms with E-state index in [1.165, 1.54) is 0 Å². The molecule has 1 heterocycles. The maximum absolute atomic E-state index is 12.8. The van der Waals surface area contributed by atoms with Crippen LogP contribution in [0.5, 0.6) is 0 Å². The van der Waals surface area contributed by atoms with Gasteiger partial charge in [0.05, 0.1) is 24.8 Å². The molecule has 1 rings (SSSR count). The predicted molar refractivity (Wildman–Crippen MR) is 67.6 cm³/mol. The van der Waals surface area contributed by atoms with Gasteiger partial charge in [-0.05, 0) is 33.6 Å². The third-order valence-corrected chi connectivity index (χ3v) is 7.02. The Morgan fingerprint density at radius 2 is 2.00 bits per heavy atom. The van der Waals surface area contributed by atoms with Crippen molar-refractivity contribution >= 4 is 13.3 Å². The van der Waals surface area contributed by atoms with Gasteiger partial charge in [0.15, 0.2) is 0 Å². The van der Waals surface area contributed by atoms with Crippen LogP contribution in [0.1, 0.15) is 46.5 Å². The Kier molecular flexibility index (Phi) is 5.21. The summed E-state index contributed by atoms with van der Waals surface area (Å²) >= 11 is 0. The van der Waals surface area contributed by atoms with Crippen molar-refractivity contribution in [2.75, 3.05) is 19.4 Å². The minimum Gasteiger partial charge on any atom is -0.466 e. The number of carbonyl (C=O) groups excluding carboxylic acids is 1. The second-order valence-corrected chi connectivity index (χ2v) is 7.88. The van der Waals surface area contributed by atoms with Crippen LogP contribution >= 0.6 is 7.37 Å². The van der Waals surface area contributed by atoms with Gasteiger partial charge in [0, 0.05) is 6.16 Å². The zero-order valence-electron chi connectivity index (χ0n) is 11.0. The lowest BCUT2D eigenvalue weighted by Gasteiger charge is -2.39. The van der Waals surface area contributed by atoms with Crippen LogP contribution in [0, 0.1) is 0 Å². The Labute approximate surface area is 104 Å². The normalized spacial score (nSPS) is 33.4. The van der Waals surface area contributed by atoms with E-state index < -0.39 is 12.5 Å². The summed E-state index contributed by atoms with van der Waals surface area (Å²) in [4.78, 5) is 11.6. The van der Waals surface area contributed by atoms with Gasteiger partial charge in [-0.1, -0.05) is 6.42 Å². The molecule has 0 aromatic carbocycles. The number of carbonyl (C=O) groups is 1. The summed E-state index contributed by atoms with van der Waals surface area (Å²) in [6.07, 6.45) is 3.51. The van der Waals surface area contributed by atoms with E-state index in [2.05, 4.69) is 0 Å². The summed E-state index contributed by atoms with van der Waals surface area (Å²) in [5.41, 5.74) is 0. The molecule has 0 saturated carbocycles. The lowest BCUT2D eigenvalue weighted by atomic mass is 9.99. The summed E-state index contributed by atoms with van der Waals surface area (Å²) in [6.45, 7) is 6.34. The van der Waals surface area contributed by atoms with Gasteiger partial charge < -0.3 is 9.26 Å². The van der Waals surface area contributed by atoms with Crippen LogP contribution in [0.2, 0.25) is 0 Å². The monoisotopic (exact) mass is 262 g/mol. The standard InChI is InChI=1S/C12H23O4P/c1-4-15-11(13)10-12(3)8-6-7-9-17(12,14)16-5-2/h4-10H2,1-3H3/t12-,17-/m1/s1. The zero-order valence-corrected chi connectivity index (χ0v) is 11.9. The molecule has 17 heavy (non-hydrogen) atoms. The SMILES string of the molecule is CCOC(=O)C[C@@]1(C)CCCC[P@@]1(=O)OCC. The lowest BCUT2D eigenvalue weighted by Crippen LogP contribution is -2.34. The summed E-state index contributed by atoms with van der Waals surface area (Å²) < 4.78 is 23.3. The summed E-state index contributed by atoms with van der Waals surface area (Å²) in [5.74, 6) is -0.267. The average Bonchev–Trinajstić information content (AvgIpc) is 2.23. The molecule has 5 heteroatoms. The Hall–Kier alpha value is -0.340. The Balaban J connectivity index is 2.81. The molecule has 0 aromatic rings. The van der Waals surface area contributed by atoms with Crippen molar-refractivity contribution in [1.29, 1.82) is 0 Å². The molecule has 1 saturated heterocycles. The van der Waals surface area contributed by atoms with Crippen molar-refractivity contribution in [3.8, 4) is 0 Å². The molecule has 0 bridgehead atoms. The first-order valence-electron chi connectivity index (χ1n) is 6.37. The van der Waals surface area contributed by atoms with Gasteiger partial charge in [-0.2, -0.15) is 0 Å². The van der Waals surface area contributed by atoms with Crippen molar-refractivity contribution < 1.29 is 18.6 Å². The highest BCUT2D eigenvalue weighted by molar-refractivity contribution is 7.60. The zero-order chi connectivity index (χ0) is 12.9. The first kappa shape index (κ1) is 14.7. The Bertz CT molecular complexity index is 310. The third kappa shape index (κ3) is 3.32. The van der Waals surface area contributed by atoms with E-state index in [1.54, 1.807) is 6.92 Å². The molecule has 0 spiro atoms. The van der Waals surface area contributed by atoms with Gasteiger partial charge in [0.2, 0.25) is 7.37 Å². The Morgan fingerprint density at radius 1 is 1.29 bits per heavy atom. The van der Waals surface area contributed by atoms with Crippen LogP contribution in [0.3, 0.4) is 0 Å². The minimum atomic E-state index is -2.71. The molecule has 2 atom stereocenters. The maximum Gasteiger partial charge on any atom is 0.306 e. The highest BCUT2D eigenvalue weighted by Gasteiger charge is 2.48. The predicted octanol–water partition coefficient (Wildman–Crippen LogP) is 3.20. The van der Waals surface area contributed by atoms with Crippen LogP contribution in [-0.2, 0) is 18.6 Å². The highest BCUT2D eigenvalue weighted by atomic mass is 31.2. The maximum atomic E-state index is 12.8. The number of rotatable bonds is 5. The fraction of sp³-hybridized carbons (Fsp3) is 0.917. The lowest BCUT2D eigenvalue weighted by molar-refractivity contribution is -0.143. The first-order chi connectivity index (χ1) is 7.97. The van der Waals surface area contributed by atoms with Gasteiger partial charge in [-0.25, -0.2) is 0 Å². The van der Waals surface area contributed by atoms with Gasteiger partial charge in [0.25, 0.3) is 0 Å². The fourth-order valence-corrected chi connectivity index (χ4v) is 5.33. The smallest absolute Gasteiger partial charge is 0.306 e. The van der Waals surface area contributed by atoms with E-state index >= 15 is 0 Å². The second-order valence-electron chi connectivity index (χ2n) is 4.75. The number of ether oxygens (including phenoxy) is 1. The van der Waals surface area contributed by atoms with Crippen LogP contribution in [0.4, 0.5) is 0 Å². The van der Waals surface area contributed by atoms with Crippen LogP contribution < -0.4 is 0 Å². The molecule has 100 valence electrons. The molecule has 0 aliphatic carbocycles. The van der Waals surface area contributed by atoms with Crippen LogP contribution in [-0.4, -0.2) is 30.5 Å². The molecule has 1 fully saturated rings. The van der Waals surface area contributed by atoms with Gasteiger partial charge >= 0.3 is 5.97 Å². The molecular weight excluding hydrogens is 239 g/mol. The van der Waals surface area contributed by atoms with Crippen LogP contribution in [0.15, 0.2) is 0 Å². The second kappa shape index (κ2) is 6.01. The average molecular weight is 262 g/mol. The molecule has 1 aliphatic heterocycles. The third-order valence-electron chi connectivity index (χ3n) is 3.41. The summed E-state index contributed by atoms with van der Waals surface area (Å²) in [6, 6.07) is 0. The van der Waals surface area contributed by atoms with E-state index in [4.69, 9.17) is 9.26 Å². The number of hydrogen-bond donors (Lipinski definition) is 0. The van der Waals surface area contributed by atoms with Crippen molar-refractivity contribution in [1.82, 2.24) is 0 Å². The van der Waals surface area contributed by atoms with E-state index in [9.17, 15) is 9.36 Å². The van der Waals surface area contributed by atoms with E-state index in [0.29, 0.717) is 19.4 Å². The molecule has 0 N–H and O–H groups in total. The summed E-state index contributed by atoms with van der Waals surface area (Å²) in [7, 11) is -2.71. The molecule has 0 amide bonds. The van der Waals surface area contributed by atoms with Crippen molar-refractivity contribution in [3.63, 3.8) is 0 Å². The van der Waals surface area contributed by atoms with Gasteiger partial charge in [-0.3, -0.25) is 9.36 Å². The molecule has 1 aliphatic rings. The van der Waals surface area contributed by atoms with E-state index in [0.717, 1.165) is 19.3 Å². The quantitative estimate of drug-likeness (QED) is 0.564. The van der Waals surface area contributed by atoms with Gasteiger partial charge in [-0.15, -0.1) is 0 Å². The number of hydrogen-bond acceptors (Lipinski definition) is 4. The first-order valence-corrected chi connectivity index (χ1v) is 8.18. The fourth-order valence-electron chi connectivity index (χ4n) is 2.43. The number of esters is 1. The molecule has 0 aromatic heterocycles. The highest BCUT2D eigenvalue weighted by Crippen LogP contribution is 2.65. The molecule has 0 unspecified atom stereocenters. The molecular formula is C12H23O4P. The van der Waals surface area contributed by atoms with Crippen molar-refractivity contribution in [2.45, 2.75) is 51.6 Å². The van der Waals surface area contributed by atoms with E-state index in [1.807, 2.05) is 13.8 Å². The largest absolute Gasteiger partial charge is 0.466 e. The van der Waals surface area contributed by atoms with Crippen molar-refractivity contribution in [3.05, 3.63) is 0 Å². The molecule has 4 nitrogen and oxygen atoms in total. The minimum absolute atomic E-state index is 0.206. The van der Waals surface area contributed by atoms with Crippen molar-refractivity contribution in [2.24, 2.45) is 0 Å².